The zero-order valence-electron chi connectivity index (χ0n) is 11.1. The van der Waals surface area contributed by atoms with E-state index in [-0.39, 0.29) is 12.6 Å². The Morgan fingerprint density at radius 2 is 1.81 bits per heavy atom. The molecule has 0 fully saturated rings. The summed E-state index contributed by atoms with van der Waals surface area (Å²) in [6, 6.07) is 16.4. The summed E-state index contributed by atoms with van der Waals surface area (Å²) >= 11 is 5.82. The molecule has 0 spiro atoms. The number of aromatic nitrogens is 1. The number of rotatable bonds is 3. The molecule has 1 aromatic heterocycles. The molecule has 0 amide bonds. The Balaban J connectivity index is 1.79. The second-order valence-electron chi connectivity index (χ2n) is 4.58. The molecule has 0 saturated carbocycles. The summed E-state index contributed by atoms with van der Waals surface area (Å²) < 4.78 is 5.35. The lowest BCUT2D eigenvalue weighted by atomic mass is 10.1. The first-order valence-corrected chi connectivity index (χ1v) is 6.87. The SMILES string of the molecule is O=C(OCc1ccc(Cl)cc1)c1ccnc2ccccc12. The number of carbonyl (C=O) groups excluding carboxylic acids is 1. The van der Waals surface area contributed by atoms with Gasteiger partial charge < -0.3 is 4.74 Å². The monoisotopic (exact) mass is 297 g/mol. The highest BCUT2D eigenvalue weighted by atomic mass is 35.5. The van der Waals surface area contributed by atoms with Crippen LogP contribution in [0.5, 0.6) is 0 Å². The summed E-state index contributed by atoms with van der Waals surface area (Å²) in [5.41, 5.74) is 2.19. The van der Waals surface area contributed by atoms with Crippen LogP contribution in [0, 0.1) is 0 Å². The Hall–Kier alpha value is -2.39. The van der Waals surface area contributed by atoms with Crippen LogP contribution in [0.4, 0.5) is 0 Å². The second-order valence-corrected chi connectivity index (χ2v) is 5.01. The summed E-state index contributed by atoms with van der Waals surface area (Å²) in [6.07, 6.45) is 1.61. The van der Waals surface area contributed by atoms with E-state index in [9.17, 15) is 4.79 Å². The summed E-state index contributed by atoms with van der Waals surface area (Å²) in [4.78, 5) is 16.5. The van der Waals surface area contributed by atoms with E-state index in [0.717, 1.165) is 16.5 Å². The van der Waals surface area contributed by atoms with E-state index in [2.05, 4.69) is 4.98 Å². The van der Waals surface area contributed by atoms with Crippen LogP contribution in [0.25, 0.3) is 10.9 Å². The molecule has 0 N–H and O–H groups in total. The van der Waals surface area contributed by atoms with Crippen LogP contribution >= 0.6 is 11.6 Å². The van der Waals surface area contributed by atoms with Crippen LogP contribution in [-0.4, -0.2) is 11.0 Å². The Morgan fingerprint density at radius 3 is 2.62 bits per heavy atom. The number of benzene rings is 2. The number of carbonyl (C=O) groups is 1. The van der Waals surface area contributed by atoms with E-state index >= 15 is 0 Å². The maximum absolute atomic E-state index is 12.2. The van der Waals surface area contributed by atoms with Crippen LogP contribution in [0.1, 0.15) is 15.9 Å². The smallest absolute Gasteiger partial charge is 0.339 e. The number of pyridine rings is 1. The van der Waals surface area contributed by atoms with E-state index < -0.39 is 0 Å². The van der Waals surface area contributed by atoms with Gasteiger partial charge in [0.2, 0.25) is 0 Å². The van der Waals surface area contributed by atoms with Gasteiger partial charge in [-0.1, -0.05) is 41.9 Å². The van der Waals surface area contributed by atoms with Crippen LogP contribution in [0.15, 0.2) is 60.8 Å². The maximum atomic E-state index is 12.2. The van der Waals surface area contributed by atoms with Gasteiger partial charge in [-0.05, 0) is 29.8 Å². The number of nitrogens with zero attached hydrogens (tertiary/aromatic N) is 1. The lowest BCUT2D eigenvalue weighted by Crippen LogP contribution is -2.06. The number of hydrogen-bond donors (Lipinski definition) is 0. The summed E-state index contributed by atoms with van der Waals surface area (Å²) in [5.74, 6) is -0.358. The van der Waals surface area contributed by atoms with Crippen molar-refractivity contribution in [1.82, 2.24) is 4.98 Å². The van der Waals surface area contributed by atoms with Crippen molar-refractivity contribution in [2.75, 3.05) is 0 Å². The van der Waals surface area contributed by atoms with Gasteiger partial charge in [-0.3, -0.25) is 4.98 Å². The Morgan fingerprint density at radius 1 is 1.05 bits per heavy atom. The molecule has 3 aromatic rings. The molecule has 0 atom stereocenters. The van der Waals surface area contributed by atoms with Gasteiger partial charge >= 0.3 is 5.97 Å². The van der Waals surface area contributed by atoms with Gasteiger partial charge in [0.05, 0.1) is 11.1 Å². The van der Waals surface area contributed by atoms with Crippen LogP contribution in [0.2, 0.25) is 5.02 Å². The van der Waals surface area contributed by atoms with Crippen molar-refractivity contribution in [1.29, 1.82) is 0 Å². The number of esters is 1. The molecule has 0 unspecified atom stereocenters. The van der Waals surface area contributed by atoms with Crippen molar-refractivity contribution in [2.24, 2.45) is 0 Å². The molecule has 2 aromatic carbocycles. The van der Waals surface area contributed by atoms with E-state index in [1.165, 1.54) is 0 Å². The highest BCUT2D eigenvalue weighted by Gasteiger charge is 2.11. The molecule has 0 bridgehead atoms. The third-order valence-corrected chi connectivity index (χ3v) is 3.40. The fourth-order valence-electron chi connectivity index (χ4n) is 2.08. The van der Waals surface area contributed by atoms with Gasteiger partial charge in [-0.25, -0.2) is 4.79 Å². The van der Waals surface area contributed by atoms with Crippen molar-refractivity contribution in [2.45, 2.75) is 6.61 Å². The van der Waals surface area contributed by atoms with Crippen LogP contribution < -0.4 is 0 Å². The standard InChI is InChI=1S/C17H12ClNO2/c18-13-7-5-12(6-8-13)11-21-17(20)15-9-10-19-16-4-2-1-3-14(15)16/h1-10H,11H2. The topological polar surface area (TPSA) is 39.2 Å². The number of halogens is 1. The van der Waals surface area contributed by atoms with E-state index in [0.29, 0.717) is 10.6 Å². The predicted molar refractivity (Wildman–Crippen MR) is 82.3 cm³/mol. The molecule has 0 aliphatic rings. The molecule has 0 aliphatic heterocycles. The summed E-state index contributed by atoms with van der Waals surface area (Å²) in [7, 11) is 0. The Labute approximate surface area is 127 Å². The Kier molecular flexibility index (Phi) is 3.84. The molecule has 0 radical (unpaired) electrons. The average molecular weight is 298 g/mol. The predicted octanol–water partition coefficient (Wildman–Crippen LogP) is 4.25. The van der Waals surface area contributed by atoms with Crippen LogP contribution in [0.3, 0.4) is 0 Å². The van der Waals surface area contributed by atoms with Gasteiger partial charge in [-0.15, -0.1) is 0 Å². The molecule has 4 heteroatoms. The van der Waals surface area contributed by atoms with E-state index in [1.807, 2.05) is 36.4 Å². The minimum atomic E-state index is -0.358. The molecule has 104 valence electrons. The molecule has 3 rings (SSSR count). The van der Waals surface area contributed by atoms with Crippen molar-refractivity contribution >= 4 is 28.5 Å². The number of para-hydroxylation sites is 1. The molecule has 1 heterocycles. The number of hydrogen-bond acceptors (Lipinski definition) is 3. The lowest BCUT2D eigenvalue weighted by molar-refractivity contribution is 0.0475. The van der Waals surface area contributed by atoms with Gasteiger partial charge in [0.1, 0.15) is 6.61 Å². The normalized spacial score (nSPS) is 10.5. The first-order valence-electron chi connectivity index (χ1n) is 6.49. The summed E-state index contributed by atoms with van der Waals surface area (Å²) in [6.45, 7) is 0.215. The fraction of sp³-hybridized carbons (Fsp3) is 0.0588. The van der Waals surface area contributed by atoms with Gasteiger partial charge in [0, 0.05) is 16.6 Å². The van der Waals surface area contributed by atoms with Gasteiger partial charge in [0.15, 0.2) is 0 Å². The third-order valence-electron chi connectivity index (χ3n) is 3.15. The first-order chi connectivity index (χ1) is 10.2. The molecule has 21 heavy (non-hydrogen) atoms. The largest absolute Gasteiger partial charge is 0.457 e. The zero-order chi connectivity index (χ0) is 14.7. The minimum Gasteiger partial charge on any atom is -0.457 e. The lowest BCUT2D eigenvalue weighted by Gasteiger charge is -2.07. The Bertz CT molecular complexity index is 779. The van der Waals surface area contributed by atoms with Gasteiger partial charge in [0.25, 0.3) is 0 Å². The second kappa shape index (κ2) is 5.94. The van der Waals surface area contributed by atoms with E-state index in [4.69, 9.17) is 16.3 Å². The third kappa shape index (κ3) is 3.03. The van der Waals surface area contributed by atoms with Crippen molar-refractivity contribution in [3.8, 4) is 0 Å². The quantitative estimate of drug-likeness (QED) is 0.679. The summed E-state index contributed by atoms with van der Waals surface area (Å²) in [5, 5.41) is 1.45. The highest BCUT2D eigenvalue weighted by molar-refractivity contribution is 6.30. The molecule has 0 saturated heterocycles. The van der Waals surface area contributed by atoms with Crippen LogP contribution in [-0.2, 0) is 11.3 Å². The van der Waals surface area contributed by atoms with Crippen molar-refractivity contribution in [3.05, 3.63) is 76.9 Å². The molecule has 0 aliphatic carbocycles. The highest BCUT2D eigenvalue weighted by Crippen LogP contribution is 2.18. The zero-order valence-corrected chi connectivity index (χ0v) is 11.9. The van der Waals surface area contributed by atoms with Gasteiger partial charge in [-0.2, -0.15) is 0 Å². The van der Waals surface area contributed by atoms with E-state index in [1.54, 1.807) is 24.4 Å². The molecular weight excluding hydrogens is 286 g/mol. The molecular formula is C17H12ClNO2. The fourth-order valence-corrected chi connectivity index (χ4v) is 2.21. The average Bonchev–Trinajstić information content (AvgIpc) is 2.53. The minimum absolute atomic E-state index is 0.215. The molecule has 3 nitrogen and oxygen atoms in total. The number of ether oxygens (including phenoxy) is 1. The van der Waals surface area contributed by atoms with Crippen molar-refractivity contribution in [3.63, 3.8) is 0 Å². The van der Waals surface area contributed by atoms with Crippen molar-refractivity contribution < 1.29 is 9.53 Å². The number of fused-ring (bicyclic) bond motifs is 1. The first kappa shape index (κ1) is 13.6. The maximum Gasteiger partial charge on any atom is 0.339 e.